The number of halogens is 3. The molecule has 114 valence electrons. The van der Waals surface area contributed by atoms with Gasteiger partial charge in [0.1, 0.15) is 0 Å². The minimum Gasteiger partial charge on any atom is -0.374 e. The van der Waals surface area contributed by atoms with E-state index in [1.165, 1.54) is 6.07 Å². The summed E-state index contributed by atoms with van der Waals surface area (Å²) in [6.45, 7) is 1.52. The lowest BCUT2D eigenvalue weighted by molar-refractivity contribution is -0.137. The van der Waals surface area contributed by atoms with E-state index in [-0.39, 0.29) is 12.2 Å². The van der Waals surface area contributed by atoms with Gasteiger partial charge in [-0.15, -0.1) is 0 Å². The summed E-state index contributed by atoms with van der Waals surface area (Å²) in [4.78, 5) is 3.66. The second kappa shape index (κ2) is 6.95. The average Bonchev–Trinajstić information content (AvgIpc) is 2.36. The first kappa shape index (κ1) is 16.8. The van der Waals surface area contributed by atoms with Gasteiger partial charge in [0, 0.05) is 25.8 Å². The number of nitrogens with zero attached hydrogens (tertiary/aromatic N) is 2. The van der Waals surface area contributed by atoms with E-state index in [0.29, 0.717) is 12.1 Å². The predicted octanol–water partition coefficient (Wildman–Crippen LogP) is 2.55. The SMILES string of the molecule is CN(C)CCCN(C)c1ccc(CN)cc1C(F)(F)F. The maximum Gasteiger partial charge on any atom is 0.418 e. The molecule has 0 heterocycles. The number of nitrogens with two attached hydrogens (primary N) is 1. The van der Waals surface area contributed by atoms with Crippen molar-refractivity contribution in [1.82, 2.24) is 4.90 Å². The van der Waals surface area contributed by atoms with Gasteiger partial charge in [-0.1, -0.05) is 6.07 Å². The van der Waals surface area contributed by atoms with Crippen LogP contribution in [0.5, 0.6) is 0 Å². The highest BCUT2D eigenvalue weighted by atomic mass is 19.4. The van der Waals surface area contributed by atoms with E-state index >= 15 is 0 Å². The van der Waals surface area contributed by atoms with Crippen LogP contribution in [0, 0.1) is 0 Å². The molecule has 3 nitrogen and oxygen atoms in total. The fourth-order valence-electron chi connectivity index (χ4n) is 2.01. The van der Waals surface area contributed by atoms with E-state index in [1.807, 2.05) is 19.0 Å². The molecule has 0 aliphatic heterocycles. The molecule has 1 aromatic carbocycles. The molecule has 0 atom stereocenters. The maximum absolute atomic E-state index is 13.1. The van der Waals surface area contributed by atoms with Crippen LogP contribution in [0.4, 0.5) is 18.9 Å². The molecule has 0 fully saturated rings. The molecule has 1 rings (SSSR count). The van der Waals surface area contributed by atoms with Crippen molar-refractivity contribution in [1.29, 1.82) is 0 Å². The van der Waals surface area contributed by atoms with Crippen LogP contribution in [0.3, 0.4) is 0 Å². The summed E-state index contributed by atoms with van der Waals surface area (Å²) in [5.74, 6) is 0. The van der Waals surface area contributed by atoms with Gasteiger partial charge in [-0.05, 0) is 44.8 Å². The minimum absolute atomic E-state index is 0.105. The Morgan fingerprint density at radius 3 is 2.25 bits per heavy atom. The Morgan fingerprint density at radius 2 is 1.75 bits per heavy atom. The normalized spacial score (nSPS) is 12.0. The quantitative estimate of drug-likeness (QED) is 0.873. The molecular weight excluding hydrogens is 267 g/mol. The number of hydrogen-bond donors (Lipinski definition) is 1. The lowest BCUT2D eigenvalue weighted by atomic mass is 10.1. The minimum atomic E-state index is -4.36. The third-order valence-electron chi connectivity index (χ3n) is 3.11. The van der Waals surface area contributed by atoms with Gasteiger partial charge in [0.2, 0.25) is 0 Å². The second-order valence-electron chi connectivity index (χ2n) is 5.13. The van der Waals surface area contributed by atoms with Gasteiger partial charge in [0.25, 0.3) is 0 Å². The highest BCUT2D eigenvalue weighted by Crippen LogP contribution is 2.36. The lowest BCUT2D eigenvalue weighted by Gasteiger charge is -2.24. The van der Waals surface area contributed by atoms with Crippen LogP contribution in [0.15, 0.2) is 18.2 Å². The summed E-state index contributed by atoms with van der Waals surface area (Å²) in [7, 11) is 5.57. The molecule has 0 radical (unpaired) electrons. The Labute approximate surface area is 118 Å². The summed E-state index contributed by atoms with van der Waals surface area (Å²) in [6, 6.07) is 4.28. The molecule has 0 unspecified atom stereocenters. The largest absolute Gasteiger partial charge is 0.418 e. The van der Waals surface area contributed by atoms with Crippen LogP contribution in [0.25, 0.3) is 0 Å². The molecule has 0 amide bonds. The van der Waals surface area contributed by atoms with Gasteiger partial charge in [-0.25, -0.2) is 0 Å². The Hall–Kier alpha value is -1.27. The first-order valence-electron chi connectivity index (χ1n) is 6.51. The summed E-state index contributed by atoms with van der Waals surface area (Å²) in [5, 5.41) is 0. The summed E-state index contributed by atoms with van der Waals surface area (Å²) >= 11 is 0. The van der Waals surface area contributed by atoms with E-state index in [2.05, 4.69) is 0 Å². The number of benzene rings is 1. The first-order chi connectivity index (χ1) is 9.25. The molecule has 0 saturated carbocycles. The number of alkyl halides is 3. The standard InChI is InChI=1S/C14H22F3N3/c1-19(2)7-4-8-20(3)13-6-5-11(10-18)9-12(13)14(15,16)17/h5-6,9H,4,7-8,10,18H2,1-3H3. The number of rotatable bonds is 6. The van der Waals surface area contributed by atoms with Gasteiger partial charge in [0.05, 0.1) is 5.56 Å². The van der Waals surface area contributed by atoms with Crippen LogP contribution in [0.1, 0.15) is 17.5 Å². The van der Waals surface area contributed by atoms with Crippen molar-refractivity contribution in [3.63, 3.8) is 0 Å². The zero-order valence-electron chi connectivity index (χ0n) is 12.2. The van der Waals surface area contributed by atoms with Crippen molar-refractivity contribution < 1.29 is 13.2 Å². The van der Waals surface area contributed by atoms with E-state index in [9.17, 15) is 13.2 Å². The van der Waals surface area contributed by atoms with Crippen LogP contribution < -0.4 is 10.6 Å². The Bertz CT molecular complexity index is 430. The van der Waals surface area contributed by atoms with Crippen LogP contribution in [-0.2, 0) is 12.7 Å². The molecule has 0 aromatic heterocycles. The van der Waals surface area contributed by atoms with Gasteiger partial charge in [0.15, 0.2) is 0 Å². The van der Waals surface area contributed by atoms with Crippen molar-refractivity contribution in [3.8, 4) is 0 Å². The van der Waals surface area contributed by atoms with E-state index in [4.69, 9.17) is 5.73 Å². The summed E-state index contributed by atoms with van der Waals surface area (Å²) in [5.41, 5.74) is 5.49. The highest BCUT2D eigenvalue weighted by molar-refractivity contribution is 5.56. The predicted molar refractivity (Wildman–Crippen MR) is 75.8 cm³/mol. The molecule has 0 aliphatic carbocycles. The van der Waals surface area contributed by atoms with E-state index < -0.39 is 11.7 Å². The van der Waals surface area contributed by atoms with Crippen molar-refractivity contribution in [2.45, 2.75) is 19.1 Å². The lowest BCUT2D eigenvalue weighted by Crippen LogP contribution is -2.25. The Morgan fingerprint density at radius 1 is 1.10 bits per heavy atom. The van der Waals surface area contributed by atoms with E-state index in [0.717, 1.165) is 19.0 Å². The first-order valence-corrected chi connectivity index (χ1v) is 6.51. The van der Waals surface area contributed by atoms with Crippen molar-refractivity contribution in [2.24, 2.45) is 5.73 Å². The van der Waals surface area contributed by atoms with Crippen molar-refractivity contribution in [2.75, 3.05) is 39.1 Å². The molecule has 20 heavy (non-hydrogen) atoms. The Balaban J connectivity index is 2.92. The van der Waals surface area contributed by atoms with Crippen LogP contribution in [-0.4, -0.2) is 39.1 Å². The highest BCUT2D eigenvalue weighted by Gasteiger charge is 2.34. The zero-order valence-corrected chi connectivity index (χ0v) is 12.2. The summed E-state index contributed by atoms with van der Waals surface area (Å²) < 4.78 is 39.3. The number of hydrogen-bond acceptors (Lipinski definition) is 3. The molecule has 6 heteroatoms. The van der Waals surface area contributed by atoms with Gasteiger partial charge in [-0.2, -0.15) is 13.2 Å². The van der Waals surface area contributed by atoms with Crippen LogP contribution in [0.2, 0.25) is 0 Å². The van der Waals surface area contributed by atoms with Gasteiger partial charge >= 0.3 is 6.18 Å². The van der Waals surface area contributed by atoms with Gasteiger partial charge in [-0.3, -0.25) is 0 Å². The zero-order chi connectivity index (χ0) is 15.3. The third kappa shape index (κ3) is 4.68. The van der Waals surface area contributed by atoms with Crippen molar-refractivity contribution in [3.05, 3.63) is 29.3 Å². The number of anilines is 1. The maximum atomic E-state index is 13.1. The molecule has 0 saturated heterocycles. The monoisotopic (exact) mass is 289 g/mol. The Kier molecular flexibility index (Phi) is 5.83. The van der Waals surface area contributed by atoms with Crippen LogP contribution >= 0.6 is 0 Å². The fourth-order valence-corrected chi connectivity index (χ4v) is 2.01. The third-order valence-corrected chi connectivity index (χ3v) is 3.11. The van der Waals surface area contributed by atoms with Gasteiger partial charge < -0.3 is 15.5 Å². The van der Waals surface area contributed by atoms with E-state index in [1.54, 1.807) is 18.0 Å². The topological polar surface area (TPSA) is 32.5 Å². The molecule has 2 N–H and O–H groups in total. The fraction of sp³-hybridized carbons (Fsp3) is 0.571. The summed E-state index contributed by atoms with van der Waals surface area (Å²) in [6.07, 6.45) is -3.56. The smallest absolute Gasteiger partial charge is 0.374 e. The molecule has 0 spiro atoms. The molecule has 0 bridgehead atoms. The van der Waals surface area contributed by atoms with Crippen molar-refractivity contribution >= 4 is 5.69 Å². The molecule has 0 aliphatic rings. The molecule has 1 aromatic rings. The average molecular weight is 289 g/mol. The second-order valence-corrected chi connectivity index (χ2v) is 5.13. The molecular formula is C14H22F3N3.